The molecule has 0 aromatic heterocycles. The van der Waals surface area contributed by atoms with Gasteiger partial charge in [0.15, 0.2) is 5.75 Å². The quantitative estimate of drug-likeness (QED) is 0.346. The van der Waals surface area contributed by atoms with Gasteiger partial charge in [-0.2, -0.15) is 8.78 Å². The second-order valence-electron chi connectivity index (χ2n) is 6.46. The molecule has 2 aromatic carbocycles. The van der Waals surface area contributed by atoms with Gasteiger partial charge in [-0.15, -0.1) is 0 Å². The molecular weight excluding hydrogens is 449 g/mol. The molecule has 0 aliphatic carbocycles. The van der Waals surface area contributed by atoms with Crippen molar-refractivity contribution in [3.05, 3.63) is 56.3 Å². The lowest BCUT2D eigenvalue weighted by molar-refractivity contribution is -0.387. The highest BCUT2D eigenvalue weighted by atomic mass is 79.9. The topological polar surface area (TPSA) is 90.7 Å². The third kappa shape index (κ3) is 5.12. The first-order valence-corrected chi connectivity index (χ1v) is 8.47. The van der Waals surface area contributed by atoms with Crippen molar-refractivity contribution in [1.29, 1.82) is 0 Å². The number of nitro benzene ring substituents is 1. The molecule has 2 aromatic rings. The monoisotopic (exact) mass is 462 g/mol. The number of anilines is 1. The summed E-state index contributed by atoms with van der Waals surface area (Å²) in [5.74, 6) is -4.99. The summed E-state index contributed by atoms with van der Waals surface area (Å²) in [5, 5.41) is 12.9. The second-order valence-corrected chi connectivity index (χ2v) is 7.32. The third-order valence-corrected chi connectivity index (χ3v) is 3.68. The lowest BCUT2D eigenvalue weighted by Crippen LogP contribution is -2.27. The van der Waals surface area contributed by atoms with E-state index in [0.29, 0.717) is 0 Å². The second kappa shape index (κ2) is 8.05. The van der Waals surface area contributed by atoms with E-state index in [-0.39, 0.29) is 15.9 Å². The SMILES string of the molecule is CC(C)(C)OC(=O)Nc1cc(Oc2c(Br)cc([N+](=O)[O-])c(F)c2F)ccc1F. The van der Waals surface area contributed by atoms with E-state index in [0.717, 1.165) is 24.3 Å². The van der Waals surface area contributed by atoms with Crippen molar-refractivity contribution in [1.82, 2.24) is 0 Å². The molecule has 2 rings (SSSR count). The third-order valence-electron chi connectivity index (χ3n) is 3.09. The molecule has 0 saturated heterocycles. The number of carbonyl (C=O) groups excluding carboxylic acids is 1. The Morgan fingerprint density at radius 3 is 2.39 bits per heavy atom. The van der Waals surface area contributed by atoms with Crippen LogP contribution in [0.5, 0.6) is 11.5 Å². The molecule has 0 radical (unpaired) electrons. The molecule has 150 valence electrons. The van der Waals surface area contributed by atoms with Gasteiger partial charge in [-0.1, -0.05) is 0 Å². The Hall–Kier alpha value is -2.82. The van der Waals surface area contributed by atoms with Crippen LogP contribution in [0.15, 0.2) is 28.7 Å². The molecule has 0 heterocycles. The summed E-state index contributed by atoms with van der Waals surface area (Å²) in [6.07, 6.45) is -0.933. The molecule has 0 bridgehead atoms. The molecule has 0 spiro atoms. The number of ether oxygens (including phenoxy) is 2. The van der Waals surface area contributed by atoms with Crippen LogP contribution >= 0.6 is 15.9 Å². The van der Waals surface area contributed by atoms with Gasteiger partial charge in [0.1, 0.15) is 17.2 Å². The van der Waals surface area contributed by atoms with Crippen LogP contribution in [0.2, 0.25) is 0 Å². The molecule has 1 N–H and O–H groups in total. The number of halogens is 4. The van der Waals surface area contributed by atoms with Crippen molar-refractivity contribution >= 4 is 33.4 Å². The maximum Gasteiger partial charge on any atom is 0.412 e. The van der Waals surface area contributed by atoms with Gasteiger partial charge < -0.3 is 9.47 Å². The van der Waals surface area contributed by atoms with E-state index < -0.39 is 45.5 Å². The van der Waals surface area contributed by atoms with Crippen molar-refractivity contribution in [3.63, 3.8) is 0 Å². The van der Waals surface area contributed by atoms with Gasteiger partial charge in [0.25, 0.3) is 0 Å². The van der Waals surface area contributed by atoms with Crippen LogP contribution in [0, 0.1) is 27.6 Å². The Morgan fingerprint density at radius 2 is 1.82 bits per heavy atom. The van der Waals surface area contributed by atoms with Crippen molar-refractivity contribution in [2.24, 2.45) is 0 Å². The highest BCUT2D eigenvalue weighted by Gasteiger charge is 2.26. The summed E-state index contributed by atoms with van der Waals surface area (Å²) in [6, 6.07) is 3.78. The molecule has 28 heavy (non-hydrogen) atoms. The number of carbonyl (C=O) groups is 1. The Morgan fingerprint density at radius 1 is 1.18 bits per heavy atom. The number of rotatable bonds is 4. The lowest BCUT2D eigenvalue weighted by atomic mass is 10.2. The molecule has 11 heteroatoms. The number of benzene rings is 2. The van der Waals surface area contributed by atoms with Crippen LogP contribution < -0.4 is 10.1 Å². The Balaban J connectivity index is 2.32. The Bertz CT molecular complexity index is 947. The van der Waals surface area contributed by atoms with E-state index in [9.17, 15) is 28.1 Å². The fraction of sp³-hybridized carbons (Fsp3) is 0.235. The molecule has 1 amide bonds. The minimum Gasteiger partial charge on any atom is -0.453 e. The van der Waals surface area contributed by atoms with Gasteiger partial charge in [-0.05, 0) is 48.8 Å². The molecule has 0 atom stereocenters. The summed E-state index contributed by atoms with van der Waals surface area (Å²) in [4.78, 5) is 21.4. The van der Waals surface area contributed by atoms with Crippen molar-refractivity contribution in [2.75, 3.05) is 5.32 Å². The summed E-state index contributed by atoms with van der Waals surface area (Å²) in [5.41, 5.74) is -2.23. The number of hydrogen-bond donors (Lipinski definition) is 1. The highest BCUT2D eigenvalue weighted by molar-refractivity contribution is 9.10. The predicted molar refractivity (Wildman–Crippen MR) is 97.0 cm³/mol. The van der Waals surface area contributed by atoms with Gasteiger partial charge in [0, 0.05) is 12.1 Å². The molecule has 0 aliphatic rings. The first-order valence-electron chi connectivity index (χ1n) is 7.68. The Kier molecular flexibility index (Phi) is 6.17. The Labute approximate surface area is 165 Å². The summed E-state index contributed by atoms with van der Waals surface area (Å²) >= 11 is 2.86. The predicted octanol–water partition coefficient (Wildman–Crippen LogP) is 5.91. The van der Waals surface area contributed by atoms with Gasteiger partial charge in [0.05, 0.1) is 15.1 Å². The maximum absolute atomic E-state index is 14.1. The largest absolute Gasteiger partial charge is 0.453 e. The molecular formula is C17H14BrF3N2O5. The van der Waals surface area contributed by atoms with Crippen LogP contribution in [0.4, 0.5) is 29.3 Å². The van der Waals surface area contributed by atoms with Crippen molar-refractivity contribution in [3.8, 4) is 11.5 Å². The van der Waals surface area contributed by atoms with Crippen LogP contribution in [0.25, 0.3) is 0 Å². The van der Waals surface area contributed by atoms with Gasteiger partial charge >= 0.3 is 11.8 Å². The normalized spacial score (nSPS) is 11.1. The summed E-state index contributed by atoms with van der Waals surface area (Å²) in [7, 11) is 0. The summed E-state index contributed by atoms with van der Waals surface area (Å²) < 4.78 is 51.8. The maximum atomic E-state index is 14.1. The zero-order valence-electron chi connectivity index (χ0n) is 14.8. The minimum absolute atomic E-state index is 0.166. The lowest BCUT2D eigenvalue weighted by Gasteiger charge is -2.20. The standard InChI is InChI=1S/C17H14BrF3N2O5/c1-17(2,3)28-16(24)22-11-6-8(4-5-10(11)19)27-15-9(18)7-12(23(25)26)13(20)14(15)21/h4-7H,1-3H3,(H,22,24). The average Bonchev–Trinajstić information content (AvgIpc) is 2.55. The van der Waals surface area contributed by atoms with Crippen LogP contribution in [0.1, 0.15) is 20.8 Å². The molecule has 0 aliphatic heterocycles. The van der Waals surface area contributed by atoms with E-state index in [1.165, 1.54) is 0 Å². The van der Waals surface area contributed by atoms with Crippen LogP contribution in [-0.2, 0) is 4.74 Å². The van der Waals surface area contributed by atoms with Gasteiger partial charge in [-0.3, -0.25) is 15.4 Å². The van der Waals surface area contributed by atoms with E-state index in [2.05, 4.69) is 21.2 Å². The molecule has 0 fully saturated rings. The van der Waals surface area contributed by atoms with Gasteiger partial charge in [0.2, 0.25) is 11.6 Å². The number of nitro groups is 1. The van der Waals surface area contributed by atoms with Crippen LogP contribution in [0.3, 0.4) is 0 Å². The van der Waals surface area contributed by atoms with Crippen molar-refractivity contribution in [2.45, 2.75) is 26.4 Å². The zero-order chi connectivity index (χ0) is 21.2. The number of nitrogens with one attached hydrogen (secondary N) is 1. The number of nitrogens with zero attached hydrogens (tertiary/aromatic N) is 1. The minimum atomic E-state index is -1.71. The number of amides is 1. The van der Waals surface area contributed by atoms with Crippen LogP contribution in [-0.4, -0.2) is 16.6 Å². The number of hydrogen-bond acceptors (Lipinski definition) is 5. The van der Waals surface area contributed by atoms with Gasteiger partial charge in [-0.25, -0.2) is 9.18 Å². The van der Waals surface area contributed by atoms with E-state index in [4.69, 9.17) is 9.47 Å². The highest BCUT2D eigenvalue weighted by Crippen LogP contribution is 2.38. The fourth-order valence-corrected chi connectivity index (χ4v) is 2.46. The average molecular weight is 463 g/mol. The molecule has 7 nitrogen and oxygen atoms in total. The fourth-order valence-electron chi connectivity index (χ4n) is 1.99. The molecule has 0 saturated carbocycles. The smallest absolute Gasteiger partial charge is 0.412 e. The van der Waals surface area contributed by atoms with Crippen molar-refractivity contribution < 1.29 is 32.4 Å². The first kappa shape index (κ1) is 21.5. The van der Waals surface area contributed by atoms with E-state index in [1.807, 2.05) is 0 Å². The first-order chi connectivity index (χ1) is 12.9. The summed E-state index contributed by atoms with van der Waals surface area (Å²) in [6.45, 7) is 4.85. The zero-order valence-corrected chi connectivity index (χ0v) is 16.4. The van der Waals surface area contributed by atoms with E-state index in [1.54, 1.807) is 20.8 Å². The molecule has 0 unspecified atom stereocenters. The van der Waals surface area contributed by atoms with E-state index >= 15 is 0 Å².